The molecule has 34 heavy (non-hydrogen) atoms. The number of carbonyl (C=O) groups excluding carboxylic acids is 1. The van der Waals surface area contributed by atoms with Crippen LogP contribution in [0.15, 0.2) is 18.3 Å². The zero-order valence-electron chi connectivity index (χ0n) is 18.2. The Kier molecular flexibility index (Phi) is 6.46. The maximum absolute atomic E-state index is 14.7. The number of amides is 1. The Bertz CT molecular complexity index is 1200. The van der Waals surface area contributed by atoms with E-state index in [2.05, 4.69) is 20.6 Å². The molecule has 2 aliphatic rings. The minimum atomic E-state index is -0.594. The number of nitrogens with one attached hydrogen (secondary N) is 2. The largest absolute Gasteiger partial charge is 0.379 e. The molecule has 1 saturated carbocycles. The van der Waals surface area contributed by atoms with Gasteiger partial charge in [-0.05, 0) is 44.2 Å². The second-order valence-electron chi connectivity index (χ2n) is 8.69. The fourth-order valence-corrected chi connectivity index (χ4v) is 5.13. The Morgan fingerprint density at radius 2 is 1.97 bits per heavy atom. The summed E-state index contributed by atoms with van der Waals surface area (Å²) >= 11 is 12.2. The number of nitrogens with two attached hydrogens (primary N) is 1. The number of benzene rings is 1. The molecule has 1 aliphatic heterocycles. The van der Waals surface area contributed by atoms with E-state index in [0.717, 1.165) is 6.42 Å². The van der Waals surface area contributed by atoms with Gasteiger partial charge in [0.1, 0.15) is 11.3 Å². The van der Waals surface area contributed by atoms with Gasteiger partial charge in [-0.25, -0.2) is 14.4 Å². The van der Waals surface area contributed by atoms with Crippen molar-refractivity contribution in [2.45, 2.75) is 44.2 Å². The van der Waals surface area contributed by atoms with Gasteiger partial charge < -0.3 is 21.1 Å². The van der Waals surface area contributed by atoms with Crippen molar-refractivity contribution < 1.29 is 13.9 Å². The smallest absolute Gasteiger partial charge is 0.225 e. The van der Waals surface area contributed by atoms with Gasteiger partial charge in [0.05, 0.1) is 29.6 Å². The normalized spacial score (nSPS) is 22.7. The number of carbonyl (C=O) groups is 1. The summed E-state index contributed by atoms with van der Waals surface area (Å²) in [6.07, 6.45) is 5.23. The highest BCUT2D eigenvalue weighted by molar-refractivity contribution is 6.36. The Labute approximate surface area is 205 Å². The van der Waals surface area contributed by atoms with Gasteiger partial charge in [0, 0.05) is 23.6 Å². The van der Waals surface area contributed by atoms with Crippen molar-refractivity contribution in [3.05, 3.63) is 34.2 Å². The van der Waals surface area contributed by atoms with Gasteiger partial charge in [0.15, 0.2) is 5.65 Å². The van der Waals surface area contributed by atoms with Crippen LogP contribution in [0, 0.1) is 11.7 Å². The second-order valence-corrected chi connectivity index (χ2v) is 9.53. The average molecular weight is 508 g/mol. The molecule has 2 aromatic heterocycles. The highest BCUT2D eigenvalue weighted by Crippen LogP contribution is 2.38. The molecule has 180 valence electrons. The van der Waals surface area contributed by atoms with E-state index in [0.29, 0.717) is 62.0 Å². The van der Waals surface area contributed by atoms with Crippen LogP contribution in [-0.4, -0.2) is 44.7 Å². The van der Waals surface area contributed by atoms with Crippen molar-refractivity contribution in [2.75, 3.05) is 23.8 Å². The van der Waals surface area contributed by atoms with E-state index in [1.54, 1.807) is 6.20 Å². The number of nitrogens with zero attached hydrogens (tertiary/aromatic N) is 4. The molecule has 1 amide bonds. The maximum atomic E-state index is 14.7. The van der Waals surface area contributed by atoms with Gasteiger partial charge in [0.25, 0.3) is 0 Å². The van der Waals surface area contributed by atoms with E-state index in [-0.39, 0.29) is 39.6 Å². The predicted octanol–water partition coefficient (Wildman–Crippen LogP) is 4.43. The summed E-state index contributed by atoms with van der Waals surface area (Å²) in [5.74, 6) is -0.175. The lowest BCUT2D eigenvalue weighted by molar-refractivity contribution is -0.122. The van der Waals surface area contributed by atoms with Crippen molar-refractivity contribution in [1.29, 1.82) is 0 Å². The summed E-state index contributed by atoms with van der Waals surface area (Å²) in [5.41, 5.74) is 6.75. The van der Waals surface area contributed by atoms with Crippen molar-refractivity contribution >= 4 is 57.9 Å². The van der Waals surface area contributed by atoms with Crippen LogP contribution in [0.2, 0.25) is 10.0 Å². The molecule has 0 radical (unpaired) electrons. The predicted molar refractivity (Wildman–Crippen MR) is 128 cm³/mol. The topological polar surface area (TPSA) is 120 Å². The zero-order valence-corrected chi connectivity index (χ0v) is 19.7. The van der Waals surface area contributed by atoms with Gasteiger partial charge in [-0.3, -0.25) is 9.36 Å². The lowest BCUT2D eigenvalue weighted by atomic mass is 9.85. The van der Waals surface area contributed by atoms with Gasteiger partial charge in [-0.15, -0.1) is 0 Å². The Hall–Kier alpha value is -2.69. The average Bonchev–Trinajstić information content (AvgIpc) is 3.43. The molecule has 3 aromatic rings. The SMILES string of the molecule is NC(=O)[C@H]1CC[C@H](n2c(Nc3c(F)cc(Cl)cc3Cl)nc3cnc(N[C@@H]4CCOC4)nc32)CC1. The highest BCUT2D eigenvalue weighted by Gasteiger charge is 2.30. The van der Waals surface area contributed by atoms with Gasteiger partial charge in [0.2, 0.25) is 17.8 Å². The molecule has 0 bridgehead atoms. The summed E-state index contributed by atoms with van der Waals surface area (Å²) in [6.45, 7) is 1.29. The van der Waals surface area contributed by atoms with Crippen LogP contribution < -0.4 is 16.4 Å². The summed E-state index contributed by atoms with van der Waals surface area (Å²) in [4.78, 5) is 25.4. The van der Waals surface area contributed by atoms with Crippen molar-refractivity contribution in [1.82, 2.24) is 19.5 Å². The van der Waals surface area contributed by atoms with Crippen molar-refractivity contribution in [2.24, 2.45) is 11.7 Å². The summed E-state index contributed by atoms with van der Waals surface area (Å²) in [7, 11) is 0. The van der Waals surface area contributed by atoms with Crippen LogP contribution in [0.1, 0.15) is 38.1 Å². The third-order valence-corrected chi connectivity index (χ3v) is 6.92. The van der Waals surface area contributed by atoms with E-state index in [1.165, 1.54) is 12.1 Å². The molecular formula is C22H24Cl2FN7O2. The number of ether oxygens (including phenoxy) is 1. The van der Waals surface area contributed by atoms with Crippen LogP contribution in [-0.2, 0) is 9.53 Å². The minimum absolute atomic E-state index is 0.0187. The van der Waals surface area contributed by atoms with Crippen molar-refractivity contribution in [3.8, 4) is 0 Å². The maximum Gasteiger partial charge on any atom is 0.225 e. The van der Waals surface area contributed by atoms with E-state index < -0.39 is 5.82 Å². The first kappa shape index (κ1) is 23.1. The third-order valence-electron chi connectivity index (χ3n) is 6.40. The number of fused-ring (bicyclic) bond motifs is 1. The standard InChI is InChI=1S/C22H24Cl2FN7O2/c23-12-7-15(24)18(16(25)8-12)30-22-29-17-9-27-21(28-13-5-6-34-10-13)31-20(17)32(22)14-3-1-11(2-4-14)19(26)33/h7-9,11,13-14H,1-6,10H2,(H2,26,33)(H,29,30)(H,27,28,31)/t11-,13-,14-/m1/s1. The first-order valence-corrected chi connectivity index (χ1v) is 11.9. The lowest BCUT2D eigenvalue weighted by Gasteiger charge is -2.29. The van der Waals surface area contributed by atoms with Crippen molar-refractivity contribution in [3.63, 3.8) is 0 Å². The Morgan fingerprint density at radius 3 is 2.65 bits per heavy atom. The first-order chi connectivity index (χ1) is 16.4. The molecule has 5 rings (SSSR count). The van der Waals surface area contributed by atoms with Crippen LogP contribution >= 0.6 is 23.2 Å². The number of imidazole rings is 1. The fourth-order valence-electron chi connectivity index (χ4n) is 4.62. The summed E-state index contributed by atoms with van der Waals surface area (Å²) < 4.78 is 22.1. The molecule has 1 saturated heterocycles. The quantitative estimate of drug-likeness (QED) is 0.451. The van der Waals surface area contributed by atoms with Gasteiger partial charge in [-0.2, -0.15) is 4.98 Å². The molecule has 3 heterocycles. The number of primary amides is 1. The third kappa shape index (κ3) is 4.62. The number of hydrogen-bond acceptors (Lipinski definition) is 7. The minimum Gasteiger partial charge on any atom is -0.379 e. The number of aromatic nitrogens is 4. The molecule has 2 fully saturated rings. The van der Waals surface area contributed by atoms with E-state index >= 15 is 0 Å². The van der Waals surface area contributed by atoms with E-state index in [4.69, 9.17) is 38.7 Å². The number of anilines is 3. The Morgan fingerprint density at radius 1 is 1.18 bits per heavy atom. The van der Waals surface area contributed by atoms with Gasteiger partial charge in [-0.1, -0.05) is 23.2 Å². The molecule has 0 spiro atoms. The fraction of sp³-hybridized carbons (Fsp3) is 0.455. The molecule has 12 heteroatoms. The van der Waals surface area contributed by atoms with Gasteiger partial charge >= 0.3 is 0 Å². The van der Waals surface area contributed by atoms with Crippen LogP contribution in [0.25, 0.3) is 11.2 Å². The van der Waals surface area contributed by atoms with Crippen LogP contribution in [0.4, 0.5) is 22.0 Å². The molecule has 4 N–H and O–H groups in total. The van der Waals surface area contributed by atoms with E-state index in [1.807, 2.05) is 4.57 Å². The monoisotopic (exact) mass is 507 g/mol. The van der Waals surface area contributed by atoms with E-state index in [9.17, 15) is 9.18 Å². The molecule has 1 aliphatic carbocycles. The number of rotatable bonds is 6. The molecular weight excluding hydrogens is 484 g/mol. The van der Waals surface area contributed by atoms with Crippen LogP contribution in [0.3, 0.4) is 0 Å². The lowest BCUT2D eigenvalue weighted by Crippen LogP contribution is -2.29. The number of halogens is 3. The summed E-state index contributed by atoms with van der Waals surface area (Å²) in [5, 5.41) is 6.67. The Balaban J connectivity index is 1.54. The number of hydrogen-bond donors (Lipinski definition) is 3. The molecule has 9 nitrogen and oxygen atoms in total. The first-order valence-electron chi connectivity index (χ1n) is 11.2. The summed E-state index contributed by atoms with van der Waals surface area (Å²) in [6, 6.07) is 2.77. The molecule has 1 atom stereocenters. The highest BCUT2D eigenvalue weighted by atomic mass is 35.5. The zero-order chi connectivity index (χ0) is 23.8. The second kappa shape index (κ2) is 9.52. The molecule has 1 aromatic carbocycles. The van der Waals surface area contributed by atoms with Crippen LogP contribution in [0.5, 0.6) is 0 Å². The molecule has 0 unspecified atom stereocenters.